The Kier molecular flexibility index (Phi) is 23.7. The summed E-state index contributed by atoms with van der Waals surface area (Å²) in [7, 11) is 3.51. The molecule has 6 heterocycles. The van der Waals surface area contributed by atoms with Crippen molar-refractivity contribution in [2.75, 3.05) is 215 Å². The van der Waals surface area contributed by atoms with Crippen LogP contribution in [0.15, 0.2) is 0 Å². The summed E-state index contributed by atoms with van der Waals surface area (Å²) in [6.07, 6.45) is 0. The molecule has 36 heteroatoms. The van der Waals surface area contributed by atoms with Crippen LogP contribution in [0.5, 0.6) is 0 Å². The van der Waals surface area contributed by atoms with E-state index in [1.807, 2.05) is 41.5 Å². The molecule has 0 fully saturated rings. The average Bonchev–Trinajstić information content (AvgIpc) is 3.43. The molecule has 6 aromatic heterocycles. The van der Waals surface area contributed by atoms with Crippen LogP contribution in [0.2, 0.25) is 0 Å². The SMILES string of the molecule is CCNc1nc(NC)nc(NCCNc2nc(NCC)nc(NCCNc3nc(NCC)nc(NCCNc4nc(NCC)nc(NCCNc5nc(NCC)nc(NCCNc6nc(NC)nc(NCC)n6)n5)n4)n3)n2)n1. The zero-order chi connectivity index (χ0) is 55.2. The van der Waals surface area contributed by atoms with Gasteiger partial charge in [-0.25, -0.2) is 0 Å². The molecule has 0 radical (unpaired) electrons. The van der Waals surface area contributed by atoms with E-state index >= 15 is 0 Å². The minimum atomic E-state index is 0.375. The summed E-state index contributed by atoms with van der Waals surface area (Å²) in [5.74, 6) is 7.52. The van der Waals surface area contributed by atoms with Crippen LogP contribution in [0.3, 0.4) is 0 Å². The molecule has 0 saturated carbocycles. The lowest BCUT2D eigenvalue weighted by molar-refractivity contribution is 0.930. The van der Waals surface area contributed by atoms with Gasteiger partial charge in [0.15, 0.2) is 0 Å². The Morgan fingerprint density at radius 3 is 0.372 bits per heavy atom. The zero-order valence-electron chi connectivity index (χ0n) is 45.4. The first-order valence-electron chi connectivity index (χ1n) is 25.9. The molecule has 422 valence electrons. The number of anilines is 18. The first-order valence-corrected chi connectivity index (χ1v) is 25.9. The second kappa shape index (κ2) is 32.0. The number of aromatic nitrogens is 18. The van der Waals surface area contributed by atoms with Crippen molar-refractivity contribution in [2.45, 2.75) is 41.5 Å². The van der Waals surface area contributed by atoms with Crippen molar-refractivity contribution in [3.63, 3.8) is 0 Å². The average molecular weight is 1080 g/mol. The zero-order valence-corrected chi connectivity index (χ0v) is 45.4. The summed E-state index contributed by atoms with van der Waals surface area (Å²) in [5, 5.41) is 57.2. The Hall–Kier alpha value is -9.54. The molecule has 0 aromatic carbocycles. The number of nitrogens with one attached hydrogen (secondary N) is 18. The highest BCUT2D eigenvalue weighted by Gasteiger charge is 2.13. The molecule has 0 unspecified atom stereocenters. The summed E-state index contributed by atoms with van der Waals surface area (Å²) >= 11 is 0. The van der Waals surface area contributed by atoms with Gasteiger partial charge in [-0.15, -0.1) is 0 Å². The Labute approximate surface area is 451 Å². The summed E-state index contributed by atoms with van der Waals surface area (Å²) in [5.41, 5.74) is 0. The fourth-order valence-corrected chi connectivity index (χ4v) is 6.44. The van der Waals surface area contributed by atoms with Gasteiger partial charge in [0, 0.05) is 119 Å². The molecule has 0 saturated heterocycles. The van der Waals surface area contributed by atoms with Crippen LogP contribution < -0.4 is 95.7 Å². The van der Waals surface area contributed by atoms with E-state index in [1.54, 1.807) is 14.1 Å². The van der Waals surface area contributed by atoms with Crippen LogP contribution in [0.25, 0.3) is 0 Å². The van der Waals surface area contributed by atoms with E-state index in [0.717, 1.165) is 0 Å². The maximum atomic E-state index is 4.59. The quantitative estimate of drug-likeness (QED) is 0.0240. The van der Waals surface area contributed by atoms with E-state index in [2.05, 4.69) is 185 Å². The third-order valence-corrected chi connectivity index (χ3v) is 9.73. The predicted molar refractivity (Wildman–Crippen MR) is 308 cm³/mol. The summed E-state index contributed by atoms with van der Waals surface area (Å²) in [6, 6.07) is 0. The van der Waals surface area contributed by atoms with Crippen molar-refractivity contribution in [3.05, 3.63) is 0 Å². The van der Waals surface area contributed by atoms with Crippen molar-refractivity contribution in [1.82, 2.24) is 89.7 Å². The summed E-state index contributed by atoms with van der Waals surface area (Å²) in [4.78, 5) is 80.6. The third-order valence-electron chi connectivity index (χ3n) is 9.73. The van der Waals surface area contributed by atoms with Gasteiger partial charge in [-0.2, -0.15) is 89.7 Å². The first-order chi connectivity index (χ1) is 38.2. The molecule has 0 aliphatic carbocycles. The minimum absolute atomic E-state index is 0.375. The monoisotopic (exact) mass is 1080 g/mol. The van der Waals surface area contributed by atoms with Crippen molar-refractivity contribution in [1.29, 1.82) is 0 Å². The highest BCUT2D eigenvalue weighted by molar-refractivity contribution is 5.48. The Morgan fingerprint density at radius 1 is 0.167 bits per heavy atom. The molecule has 18 N–H and O–H groups in total. The van der Waals surface area contributed by atoms with E-state index in [4.69, 9.17) is 0 Å². The van der Waals surface area contributed by atoms with Gasteiger partial charge in [-0.05, 0) is 41.5 Å². The highest BCUT2D eigenvalue weighted by atomic mass is 15.3. The predicted octanol–water partition coefficient (Wildman–Crippen LogP) is 1.09. The molecule has 0 bridgehead atoms. The van der Waals surface area contributed by atoms with Crippen LogP contribution in [-0.2, 0) is 0 Å². The standard InChI is InChI=1S/C42H74N36/c1-9-45-27-61-25(43-7)63-33(65-27)51-15-17-53-35-67-29(47-11-3)69-37(75-35)55-19-21-57-39-71-31(49-13-5)73-41(77-39)59-23-24-60-42-74-32(50-14-6)72-40(78-42)58-22-20-56-38-70-30(48-12-4)68-36(76-38)54-18-16-52-34-64-26(44-8)62-28(66-34)46-10-2/h9-24H2,1-8H3,(H3,43,45,51,61,63,65)(H3,44,46,52,62,64,66)(H3,47,53,55,67,69,75)(H3,48,54,56,68,70,76)(H3,49,57,59,71,73,77)(H3,50,58,60,72,74,78). The number of hydrogen-bond acceptors (Lipinski definition) is 36. The van der Waals surface area contributed by atoms with Gasteiger partial charge in [0.05, 0.1) is 0 Å². The number of nitrogens with zero attached hydrogens (tertiary/aromatic N) is 18. The molecule has 0 aliphatic heterocycles. The lowest BCUT2D eigenvalue weighted by Gasteiger charge is -2.13. The van der Waals surface area contributed by atoms with Crippen LogP contribution in [0.4, 0.5) is 107 Å². The second-order valence-corrected chi connectivity index (χ2v) is 15.8. The molecule has 0 atom stereocenters. The lowest BCUT2D eigenvalue weighted by atomic mass is 10.6. The maximum absolute atomic E-state index is 4.59. The van der Waals surface area contributed by atoms with Gasteiger partial charge in [-0.1, -0.05) is 0 Å². The number of rotatable bonds is 39. The Bertz CT molecular complexity index is 2530. The second-order valence-electron chi connectivity index (χ2n) is 15.8. The molecular weight excluding hydrogens is 1010 g/mol. The largest absolute Gasteiger partial charge is 0.357 e. The Morgan fingerprint density at radius 2 is 0.269 bits per heavy atom. The lowest BCUT2D eigenvalue weighted by Crippen LogP contribution is -2.22. The van der Waals surface area contributed by atoms with Gasteiger partial charge in [0.1, 0.15) is 0 Å². The molecule has 0 amide bonds. The molecule has 6 rings (SSSR count). The first kappa shape index (κ1) is 57.7. The normalized spacial score (nSPS) is 10.6. The van der Waals surface area contributed by atoms with Gasteiger partial charge >= 0.3 is 0 Å². The van der Waals surface area contributed by atoms with Gasteiger partial charge < -0.3 is 95.7 Å². The van der Waals surface area contributed by atoms with Crippen LogP contribution >= 0.6 is 0 Å². The topological polar surface area (TPSA) is 449 Å². The molecule has 6 aromatic rings. The van der Waals surface area contributed by atoms with Gasteiger partial charge in [-0.3, -0.25) is 0 Å². The van der Waals surface area contributed by atoms with E-state index in [1.165, 1.54) is 0 Å². The Balaban J connectivity index is 0.951. The van der Waals surface area contributed by atoms with E-state index in [0.29, 0.717) is 212 Å². The van der Waals surface area contributed by atoms with Gasteiger partial charge in [0.25, 0.3) is 0 Å². The van der Waals surface area contributed by atoms with Crippen molar-refractivity contribution >= 4 is 107 Å². The fraction of sp³-hybridized carbons (Fsp3) is 0.571. The molecule has 0 aliphatic rings. The molecular formula is C42H74N36. The summed E-state index contributed by atoms with van der Waals surface area (Å²) in [6.45, 7) is 20.2. The fourth-order valence-electron chi connectivity index (χ4n) is 6.44. The van der Waals surface area contributed by atoms with Crippen LogP contribution in [0, 0.1) is 0 Å². The van der Waals surface area contributed by atoms with Crippen LogP contribution in [0.1, 0.15) is 41.5 Å². The third kappa shape index (κ3) is 20.0. The summed E-state index contributed by atoms with van der Waals surface area (Å²) < 4.78 is 0. The van der Waals surface area contributed by atoms with E-state index in [9.17, 15) is 0 Å². The van der Waals surface area contributed by atoms with Gasteiger partial charge in [0.2, 0.25) is 107 Å². The van der Waals surface area contributed by atoms with Crippen LogP contribution in [-0.4, -0.2) is 209 Å². The molecule has 36 nitrogen and oxygen atoms in total. The minimum Gasteiger partial charge on any atom is -0.357 e. The van der Waals surface area contributed by atoms with Crippen molar-refractivity contribution in [3.8, 4) is 0 Å². The van der Waals surface area contributed by atoms with Crippen molar-refractivity contribution in [2.24, 2.45) is 0 Å². The van der Waals surface area contributed by atoms with E-state index < -0.39 is 0 Å². The van der Waals surface area contributed by atoms with Crippen molar-refractivity contribution < 1.29 is 0 Å². The van der Waals surface area contributed by atoms with E-state index in [-0.39, 0.29) is 0 Å². The molecule has 0 spiro atoms. The molecule has 78 heavy (non-hydrogen) atoms. The number of hydrogen-bond donors (Lipinski definition) is 18. The smallest absolute Gasteiger partial charge is 0.229 e. The highest BCUT2D eigenvalue weighted by Crippen LogP contribution is 2.15. The maximum Gasteiger partial charge on any atom is 0.229 e.